The smallest absolute Gasteiger partial charge is 0.137 e. The summed E-state index contributed by atoms with van der Waals surface area (Å²) in [7, 11) is 0. The predicted molar refractivity (Wildman–Crippen MR) is 57.9 cm³/mol. The van der Waals surface area contributed by atoms with Crippen LogP contribution >= 0.6 is 0 Å². The Labute approximate surface area is 83.4 Å². The second-order valence-corrected chi connectivity index (χ2v) is 3.27. The van der Waals surface area contributed by atoms with Crippen molar-refractivity contribution in [2.24, 2.45) is 0 Å². The fourth-order valence-electron chi connectivity index (χ4n) is 1.60. The molecule has 0 bridgehead atoms. The third-order valence-electron chi connectivity index (χ3n) is 2.30. The lowest BCUT2D eigenvalue weighted by atomic mass is 10.1. The van der Waals surface area contributed by atoms with Crippen LogP contribution in [0.2, 0.25) is 0 Å². The van der Waals surface area contributed by atoms with Crippen LogP contribution in [0.5, 0.6) is 0 Å². The first-order valence-electron chi connectivity index (χ1n) is 4.76. The van der Waals surface area contributed by atoms with E-state index in [9.17, 15) is 0 Å². The number of hydrogen-bond donors (Lipinski definition) is 1. The van der Waals surface area contributed by atoms with Gasteiger partial charge in [-0.1, -0.05) is 0 Å². The predicted octanol–water partition coefficient (Wildman–Crippen LogP) is 2.52. The van der Waals surface area contributed by atoms with Gasteiger partial charge in [0.2, 0.25) is 0 Å². The van der Waals surface area contributed by atoms with Crippen LogP contribution in [0.15, 0.2) is 24.5 Å². The fourth-order valence-corrected chi connectivity index (χ4v) is 1.60. The third-order valence-corrected chi connectivity index (χ3v) is 2.30. The van der Waals surface area contributed by atoms with Crippen LogP contribution in [0.3, 0.4) is 0 Å². The molecule has 0 aromatic carbocycles. The number of aromatic nitrogens is 2. The van der Waals surface area contributed by atoms with Crippen molar-refractivity contribution < 1.29 is 0 Å². The number of fused-ring (bicyclic) bond motifs is 1. The Balaban J connectivity index is 2.22. The summed E-state index contributed by atoms with van der Waals surface area (Å²) in [5.41, 5.74) is 2.27. The second kappa shape index (κ2) is 3.97. The number of terminal acetylenes is 1. The topological polar surface area (TPSA) is 28.7 Å². The Kier molecular flexibility index (Phi) is 2.51. The fraction of sp³-hybridized carbons (Fsp3) is 0.250. The Hall–Kier alpha value is -1.75. The number of rotatable bonds is 3. The molecule has 2 heterocycles. The summed E-state index contributed by atoms with van der Waals surface area (Å²) in [6.45, 7) is 0. The number of aromatic amines is 1. The Morgan fingerprint density at radius 2 is 2.43 bits per heavy atom. The quantitative estimate of drug-likeness (QED) is 0.576. The summed E-state index contributed by atoms with van der Waals surface area (Å²) in [5, 5.41) is 1.21. The lowest BCUT2D eigenvalue weighted by molar-refractivity contribution is 0.863. The molecular weight excluding hydrogens is 172 g/mol. The highest BCUT2D eigenvalue weighted by Crippen LogP contribution is 2.17. The van der Waals surface area contributed by atoms with Gasteiger partial charge >= 0.3 is 0 Å². The number of aryl methyl sites for hydroxylation is 1. The van der Waals surface area contributed by atoms with E-state index in [1.165, 1.54) is 10.9 Å². The second-order valence-electron chi connectivity index (χ2n) is 3.27. The van der Waals surface area contributed by atoms with Gasteiger partial charge in [0, 0.05) is 24.2 Å². The first kappa shape index (κ1) is 8.83. The molecule has 70 valence electrons. The van der Waals surface area contributed by atoms with E-state index >= 15 is 0 Å². The van der Waals surface area contributed by atoms with Crippen LogP contribution in [0.1, 0.15) is 18.4 Å². The van der Waals surface area contributed by atoms with Gasteiger partial charge in [-0.2, -0.15) is 0 Å². The van der Waals surface area contributed by atoms with Crippen molar-refractivity contribution in [1.29, 1.82) is 0 Å². The van der Waals surface area contributed by atoms with Crippen molar-refractivity contribution in [3.05, 3.63) is 30.1 Å². The minimum atomic E-state index is 0.840. The van der Waals surface area contributed by atoms with Gasteiger partial charge in [0.25, 0.3) is 0 Å². The zero-order chi connectivity index (χ0) is 9.80. The molecular formula is C12H12N2. The van der Waals surface area contributed by atoms with Crippen molar-refractivity contribution in [3.63, 3.8) is 0 Å². The summed E-state index contributed by atoms with van der Waals surface area (Å²) in [5.74, 6) is 2.65. The van der Waals surface area contributed by atoms with Gasteiger partial charge < -0.3 is 4.98 Å². The van der Waals surface area contributed by atoms with Gasteiger partial charge in [0.1, 0.15) is 5.65 Å². The maximum atomic E-state index is 5.21. The summed E-state index contributed by atoms with van der Waals surface area (Å²) in [6, 6.07) is 4.05. The van der Waals surface area contributed by atoms with Crippen LogP contribution in [0, 0.1) is 12.3 Å². The normalized spacial score (nSPS) is 10.2. The molecule has 0 unspecified atom stereocenters. The van der Waals surface area contributed by atoms with E-state index in [1.807, 2.05) is 12.3 Å². The Morgan fingerprint density at radius 1 is 1.50 bits per heavy atom. The van der Waals surface area contributed by atoms with Crippen molar-refractivity contribution >= 4 is 11.0 Å². The molecule has 2 rings (SSSR count). The Morgan fingerprint density at radius 3 is 3.29 bits per heavy atom. The molecule has 0 radical (unpaired) electrons. The number of pyridine rings is 1. The summed E-state index contributed by atoms with van der Waals surface area (Å²) < 4.78 is 0. The number of unbranched alkanes of at least 4 members (excludes halogenated alkanes) is 1. The largest absolute Gasteiger partial charge is 0.346 e. The van der Waals surface area contributed by atoms with E-state index in [0.717, 1.165) is 24.9 Å². The standard InChI is InChI=1S/C12H12N2/c1-2-3-4-6-10-9-14-12-11(10)7-5-8-13-12/h1,5,7-9H,3-4,6H2,(H,13,14). The van der Waals surface area contributed by atoms with Gasteiger partial charge in [-0.05, 0) is 30.5 Å². The molecule has 0 saturated carbocycles. The summed E-state index contributed by atoms with van der Waals surface area (Å²) in [6.07, 6.45) is 11.9. The lowest BCUT2D eigenvalue weighted by Crippen LogP contribution is -1.82. The molecule has 1 N–H and O–H groups in total. The van der Waals surface area contributed by atoms with Crippen LogP contribution in [-0.4, -0.2) is 9.97 Å². The molecule has 2 heteroatoms. The van der Waals surface area contributed by atoms with E-state index < -0.39 is 0 Å². The zero-order valence-corrected chi connectivity index (χ0v) is 7.96. The SMILES string of the molecule is C#CCCCc1c[nH]c2ncccc12. The van der Waals surface area contributed by atoms with E-state index in [0.29, 0.717) is 0 Å². The minimum absolute atomic E-state index is 0.840. The molecule has 0 aliphatic heterocycles. The molecule has 0 saturated heterocycles. The van der Waals surface area contributed by atoms with Gasteiger partial charge in [0.15, 0.2) is 0 Å². The molecule has 2 aromatic heterocycles. The highest BCUT2D eigenvalue weighted by atomic mass is 14.8. The summed E-state index contributed by atoms with van der Waals surface area (Å²) in [4.78, 5) is 7.39. The van der Waals surface area contributed by atoms with Crippen molar-refractivity contribution in [3.8, 4) is 12.3 Å². The zero-order valence-electron chi connectivity index (χ0n) is 7.96. The van der Waals surface area contributed by atoms with Gasteiger partial charge in [-0.3, -0.25) is 0 Å². The van der Waals surface area contributed by atoms with Crippen LogP contribution in [-0.2, 0) is 6.42 Å². The van der Waals surface area contributed by atoms with Gasteiger partial charge in [0.05, 0.1) is 0 Å². The molecule has 14 heavy (non-hydrogen) atoms. The Bertz CT molecular complexity index is 462. The average Bonchev–Trinajstić information content (AvgIpc) is 2.63. The highest BCUT2D eigenvalue weighted by molar-refractivity contribution is 5.79. The monoisotopic (exact) mass is 184 g/mol. The number of nitrogens with one attached hydrogen (secondary N) is 1. The maximum Gasteiger partial charge on any atom is 0.137 e. The molecule has 0 spiro atoms. The van der Waals surface area contributed by atoms with Crippen LogP contribution in [0.25, 0.3) is 11.0 Å². The molecule has 0 aliphatic rings. The van der Waals surface area contributed by atoms with E-state index in [2.05, 4.69) is 22.0 Å². The molecule has 0 aliphatic carbocycles. The van der Waals surface area contributed by atoms with Gasteiger partial charge in [-0.25, -0.2) is 4.98 Å². The number of H-pyrrole nitrogens is 1. The van der Waals surface area contributed by atoms with Crippen molar-refractivity contribution in [1.82, 2.24) is 9.97 Å². The maximum absolute atomic E-state index is 5.21. The molecule has 2 nitrogen and oxygen atoms in total. The van der Waals surface area contributed by atoms with Crippen molar-refractivity contribution in [2.75, 3.05) is 0 Å². The first-order valence-corrected chi connectivity index (χ1v) is 4.76. The lowest BCUT2D eigenvalue weighted by Gasteiger charge is -1.95. The molecule has 0 amide bonds. The third kappa shape index (κ3) is 1.62. The van der Waals surface area contributed by atoms with E-state index in [1.54, 1.807) is 6.20 Å². The minimum Gasteiger partial charge on any atom is -0.346 e. The molecule has 2 aromatic rings. The van der Waals surface area contributed by atoms with E-state index in [-0.39, 0.29) is 0 Å². The number of hydrogen-bond acceptors (Lipinski definition) is 1. The number of nitrogens with zero attached hydrogens (tertiary/aromatic N) is 1. The molecule has 0 atom stereocenters. The molecule has 0 fully saturated rings. The van der Waals surface area contributed by atoms with Gasteiger partial charge in [-0.15, -0.1) is 12.3 Å². The van der Waals surface area contributed by atoms with Crippen molar-refractivity contribution in [2.45, 2.75) is 19.3 Å². The van der Waals surface area contributed by atoms with Crippen LogP contribution in [0.4, 0.5) is 0 Å². The first-order chi connectivity index (χ1) is 6.92. The van der Waals surface area contributed by atoms with E-state index in [4.69, 9.17) is 6.42 Å². The highest BCUT2D eigenvalue weighted by Gasteiger charge is 2.02. The average molecular weight is 184 g/mol. The van der Waals surface area contributed by atoms with Crippen LogP contribution < -0.4 is 0 Å². The summed E-state index contributed by atoms with van der Waals surface area (Å²) >= 11 is 0.